The van der Waals surface area contributed by atoms with Crippen molar-refractivity contribution in [3.63, 3.8) is 0 Å². The molecule has 0 aromatic heterocycles. The first-order valence-electron chi connectivity index (χ1n) is 10.3. The van der Waals surface area contributed by atoms with E-state index in [0.717, 1.165) is 22.3 Å². The predicted molar refractivity (Wildman–Crippen MR) is 139 cm³/mol. The van der Waals surface area contributed by atoms with Gasteiger partial charge in [-0.05, 0) is 47.4 Å². The van der Waals surface area contributed by atoms with Crippen LogP contribution in [-0.4, -0.2) is 22.2 Å². The second-order valence-corrected chi connectivity index (χ2v) is 9.59. The number of amides is 1. The number of thiocarbonyl (C=S) groups is 1. The Kier molecular flexibility index (Phi) is 7.38. The SMILES string of the molecule is COc1cc(/C=C2/SC(=S)N(Cc3ccccc3)C2=O)cc(Cl)c1OCc1ccccc1C. The van der Waals surface area contributed by atoms with Crippen molar-refractivity contribution in [2.24, 2.45) is 0 Å². The molecule has 1 saturated heterocycles. The van der Waals surface area contributed by atoms with Gasteiger partial charge in [0, 0.05) is 0 Å². The number of rotatable bonds is 7. The Balaban J connectivity index is 1.54. The summed E-state index contributed by atoms with van der Waals surface area (Å²) < 4.78 is 12.1. The van der Waals surface area contributed by atoms with Crippen LogP contribution in [0.4, 0.5) is 0 Å². The second kappa shape index (κ2) is 10.4. The minimum Gasteiger partial charge on any atom is -0.493 e. The zero-order valence-corrected chi connectivity index (χ0v) is 20.6. The Morgan fingerprint density at radius 3 is 2.55 bits per heavy atom. The molecule has 33 heavy (non-hydrogen) atoms. The molecule has 0 aliphatic carbocycles. The third-order valence-electron chi connectivity index (χ3n) is 5.24. The van der Waals surface area contributed by atoms with Crippen molar-refractivity contribution in [3.05, 3.63) is 98.9 Å². The molecule has 1 amide bonds. The smallest absolute Gasteiger partial charge is 0.266 e. The molecule has 0 atom stereocenters. The number of thioether (sulfide) groups is 1. The largest absolute Gasteiger partial charge is 0.493 e. The van der Waals surface area contributed by atoms with Gasteiger partial charge in [0.05, 0.1) is 23.6 Å². The van der Waals surface area contributed by atoms with Gasteiger partial charge in [0.1, 0.15) is 10.9 Å². The van der Waals surface area contributed by atoms with Crippen LogP contribution in [0, 0.1) is 6.92 Å². The maximum atomic E-state index is 13.0. The second-order valence-electron chi connectivity index (χ2n) is 7.50. The molecule has 1 aliphatic heterocycles. The quantitative estimate of drug-likeness (QED) is 0.271. The highest BCUT2D eigenvalue weighted by atomic mass is 35.5. The van der Waals surface area contributed by atoms with Crippen LogP contribution in [0.25, 0.3) is 6.08 Å². The molecule has 0 bridgehead atoms. The molecule has 4 nitrogen and oxygen atoms in total. The third-order valence-corrected chi connectivity index (χ3v) is 6.90. The summed E-state index contributed by atoms with van der Waals surface area (Å²) in [6, 6.07) is 21.4. The van der Waals surface area contributed by atoms with Crippen molar-refractivity contribution >= 4 is 51.9 Å². The first kappa shape index (κ1) is 23.4. The number of methoxy groups -OCH3 is 1. The van der Waals surface area contributed by atoms with E-state index in [9.17, 15) is 4.79 Å². The Labute approximate surface area is 208 Å². The molecule has 168 valence electrons. The van der Waals surface area contributed by atoms with E-state index in [4.69, 9.17) is 33.3 Å². The number of hydrogen-bond donors (Lipinski definition) is 0. The van der Waals surface area contributed by atoms with Crippen LogP contribution in [0.1, 0.15) is 22.3 Å². The van der Waals surface area contributed by atoms with Gasteiger partial charge >= 0.3 is 0 Å². The number of carbonyl (C=O) groups excluding carboxylic acids is 1. The molecule has 1 heterocycles. The van der Waals surface area contributed by atoms with E-state index in [-0.39, 0.29) is 5.91 Å². The van der Waals surface area contributed by atoms with Gasteiger partial charge in [0.2, 0.25) is 0 Å². The molecular weight excluding hydrogens is 474 g/mol. The van der Waals surface area contributed by atoms with Crippen LogP contribution < -0.4 is 9.47 Å². The molecule has 0 saturated carbocycles. The summed E-state index contributed by atoms with van der Waals surface area (Å²) in [4.78, 5) is 15.1. The summed E-state index contributed by atoms with van der Waals surface area (Å²) in [6.07, 6.45) is 1.78. The molecule has 1 aliphatic rings. The van der Waals surface area contributed by atoms with Crippen LogP contribution >= 0.6 is 35.6 Å². The van der Waals surface area contributed by atoms with Gasteiger partial charge in [-0.15, -0.1) is 0 Å². The van der Waals surface area contributed by atoms with Crippen molar-refractivity contribution in [1.29, 1.82) is 0 Å². The molecule has 0 radical (unpaired) electrons. The van der Waals surface area contributed by atoms with Gasteiger partial charge in [-0.3, -0.25) is 9.69 Å². The molecular formula is C26H22ClNO3S2. The topological polar surface area (TPSA) is 38.8 Å². The van der Waals surface area contributed by atoms with Crippen LogP contribution in [0.3, 0.4) is 0 Å². The number of carbonyl (C=O) groups is 1. The first-order valence-corrected chi connectivity index (χ1v) is 11.9. The van der Waals surface area contributed by atoms with Crippen molar-refractivity contribution in [1.82, 2.24) is 4.90 Å². The van der Waals surface area contributed by atoms with E-state index in [0.29, 0.717) is 38.9 Å². The number of aryl methyl sites for hydroxylation is 1. The lowest BCUT2D eigenvalue weighted by atomic mass is 10.1. The summed E-state index contributed by atoms with van der Waals surface area (Å²) >= 11 is 13.3. The van der Waals surface area contributed by atoms with Crippen LogP contribution in [0.2, 0.25) is 5.02 Å². The van der Waals surface area contributed by atoms with E-state index in [1.165, 1.54) is 11.8 Å². The van der Waals surface area contributed by atoms with Crippen molar-refractivity contribution < 1.29 is 14.3 Å². The molecule has 3 aromatic rings. The summed E-state index contributed by atoms with van der Waals surface area (Å²) in [6.45, 7) is 2.85. The highest BCUT2D eigenvalue weighted by Gasteiger charge is 2.32. The van der Waals surface area contributed by atoms with E-state index in [1.54, 1.807) is 24.2 Å². The number of benzene rings is 3. The van der Waals surface area contributed by atoms with Crippen LogP contribution in [0.15, 0.2) is 71.6 Å². The lowest BCUT2D eigenvalue weighted by Crippen LogP contribution is -2.27. The first-order chi connectivity index (χ1) is 16.0. The van der Waals surface area contributed by atoms with Gasteiger partial charge in [-0.25, -0.2) is 0 Å². The third kappa shape index (κ3) is 5.41. The molecule has 0 N–H and O–H groups in total. The molecule has 7 heteroatoms. The fourth-order valence-electron chi connectivity index (χ4n) is 3.44. The lowest BCUT2D eigenvalue weighted by molar-refractivity contribution is -0.122. The van der Waals surface area contributed by atoms with Gasteiger partial charge in [0.15, 0.2) is 11.5 Å². The normalized spacial score (nSPS) is 14.8. The Hall–Kier alpha value is -2.80. The zero-order chi connectivity index (χ0) is 23.4. The molecule has 0 unspecified atom stereocenters. The Morgan fingerprint density at radius 1 is 1.09 bits per heavy atom. The van der Waals surface area contributed by atoms with E-state index < -0.39 is 0 Å². The summed E-state index contributed by atoms with van der Waals surface area (Å²) in [5, 5.41) is 0.411. The summed E-state index contributed by atoms with van der Waals surface area (Å²) in [7, 11) is 1.56. The average molecular weight is 496 g/mol. The summed E-state index contributed by atoms with van der Waals surface area (Å²) in [5.74, 6) is 0.849. The van der Waals surface area contributed by atoms with Crippen molar-refractivity contribution in [2.75, 3.05) is 7.11 Å². The van der Waals surface area contributed by atoms with Crippen LogP contribution in [-0.2, 0) is 17.9 Å². The van der Waals surface area contributed by atoms with Gasteiger partial charge in [-0.2, -0.15) is 0 Å². The average Bonchev–Trinajstić information content (AvgIpc) is 3.07. The monoisotopic (exact) mass is 495 g/mol. The van der Waals surface area contributed by atoms with Gasteiger partial charge in [-0.1, -0.05) is 90.2 Å². The molecule has 1 fully saturated rings. The zero-order valence-electron chi connectivity index (χ0n) is 18.2. The van der Waals surface area contributed by atoms with Crippen molar-refractivity contribution in [3.8, 4) is 11.5 Å². The number of nitrogens with zero attached hydrogens (tertiary/aromatic N) is 1. The highest BCUT2D eigenvalue weighted by molar-refractivity contribution is 8.26. The van der Waals surface area contributed by atoms with Crippen LogP contribution in [0.5, 0.6) is 11.5 Å². The fourth-order valence-corrected chi connectivity index (χ4v) is 4.97. The predicted octanol–water partition coefficient (Wildman–Crippen LogP) is 6.64. The fraction of sp³-hybridized carbons (Fsp3) is 0.154. The number of hydrogen-bond acceptors (Lipinski definition) is 5. The minimum atomic E-state index is -0.121. The standard InChI is InChI=1S/C26H22ClNO3S2/c1-17-8-6-7-11-20(17)16-31-24-21(27)12-19(13-22(24)30-2)14-23-25(29)28(26(32)33-23)15-18-9-4-3-5-10-18/h3-14H,15-16H2,1-2H3/b23-14+. The molecule has 3 aromatic carbocycles. The summed E-state index contributed by atoms with van der Waals surface area (Å²) in [5.41, 5.74) is 3.97. The Morgan fingerprint density at radius 2 is 1.82 bits per heavy atom. The van der Waals surface area contributed by atoms with Gasteiger partial charge < -0.3 is 9.47 Å². The maximum absolute atomic E-state index is 13.0. The van der Waals surface area contributed by atoms with Crippen molar-refractivity contribution in [2.45, 2.75) is 20.1 Å². The number of ether oxygens (including phenoxy) is 2. The number of halogens is 1. The molecule has 0 spiro atoms. The van der Waals surface area contributed by atoms with E-state index in [1.807, 2.05) is 67.6 Å². The van der Waals surface area contributed by atoms with E-state index in [2.05, 4.69) is 0 Å². The van der Waals surface area contributed by atoms with E-state index >= 15 is 0 Å². The Bertz CT molecular complexity index is 1230. The molecule has 4 rings (SSSR count). The lowest BCUT2D eigenvalue weighted by Gasteiger charge is -2.15. The van der Waals surface area contributed by atoms with Gasteiger partial charge in [0.25, 0.3) is 5.91 Å². The minimum absolute atomic E-state index is 0.121. The maximum Gasteiger partial charge on any atom is 0.266 e. The highest BCUT2D eigenvalue weighted by Crippen LogP contribution is 2.39.